The van der Waals surface area contributed by atoms with E-state index in [0.29, 0.717) is 5.46 Å². The number of morpholine rings is 1. The summed E-state index contributed by atoms with van der Waals surface area (Å²) in [6.45, 7) is 7.67. The van der Waals surface area contributed by atoms with Crippen molar-refractivity contribution in [3.05, 3.63) is 29.8 Å². The number of hydrogen-bond acceptors (Lipinski definition) is 4. The number of hydrogen-bond donors (Lipinski definition) is 2. The predicted molar refractivity (Wildman–Crippen MR) is 71.6 cm³/mol. The third-order valence-corrected chi connectivity index (χ3v) is 3.47. The molecule has 1 saturated heterocycles. The molecule has 0 unspecified atom stereocenters. The third-order valence-electron chi connectivity index (χ3n) is 3.47. The van der Waals surface area contributed by atoms with Gasteiger partial charge in [0, 0.05) is 18.6 Å². The minimum Gasteiger partial charge on any atom is -0.423 e. The molecule has 2 N–H and O–H groups in total. The first kappa shape index (κ1) is 13.6. The second kappa shape index (κ2) is 5.40. The zero-order valence-electron chi connectivity index (χ0n) is 11.0. The molecule has 5 heteroatoms. The van der Waals surface area contributed by atoms with Gasteiger partial charge in [-0.2, -0.15) is 0 Å². The van der Waals surface area contributed by atoms with Crippen LogP contribution >= 0.6 is 0 Å². The number of benzene rings is 1. The SMILES string of the molecule is CC1(C)COCCN1Cc1ccc(B(O)O)cc1. The van der Waals surface area contributed by atoms with Crippen molar-refractivity contribution >= 4 is 12.6 Å². The first-order valence-electron chi connectivity index (χ1n) is 6.27. The lowest BCUT2D eigenvalue weighted by molar-refractivity contribution is -0.0552. The highest BCUT2D eigenvalue weighted by atomic mass is 16.5. The molecule has 0 atom stereocenters. The van der Waals surface area contributed by atoms with Crippen LogP contribution in [0.25, 0.3) is 0 Å². The Labute approximate surface area is 108 Å². The van der Waals surface area contributed by atoms with Gasteiger partial charge in [0.2, 0.25) is 0 Å². The van der Waals surface area contributed by atoms with Crippen LogP contribution in [0, 0.1) is 0 Å². The van der Waals surface area contributed by atoms with Gasteiger partial charge in [0.15, 0.2) is 0 Å². The molecule has 0 radical (unpaired) electrons. The summed E-state index contributed by atoms with van der Waals surface area (Å²) < 4.78 is 5.50. The van der Waals surface area contributed by atoms with Crippen LogP contribution in [-0.2, 0) is 11.3 Å². The summed E-state index contributed by atoms with van der Waals surface area (Å²) >= 11 is 0. The lowest BCUT2D eigenvalue weighted by atomic mass is 9.80. The molecule has 1 aliphatic rings. The Hall–Kier alpha value is -0.875. The van der Waals surface area contributed by atoms with Crippen molar-refractivity contribution in [3.63, 3.8) is 0 Å². The molecular formula is C13H20BNO3. The fourth-order valence-corrected chi connectivity index (χ4v) is 2.20. The lowest BCUT2D eigenvalue weighted by Gasteiger charge is -2.42. The zero-order valence-corrected chi connectivity index (χ0v) is 11.0. The Balaban J connectivity index is 2.04. The maximum atomic E-state index is 9.05. The first-order valence-corrected chi connectivity index (χ1v) is 6.27. The summed E-state index contributed by atoms with van der Waals surface area (Å²) in [5.41, 5.74) is 1.75. The molecule has 98 valence electrons. The van der Waals surface area contributed by atoms with Crippen LogP contribution in [0.4, 0.5) is 0 Å². The van der Waals surface area contributed by atoms with Gasteiger partial charge >= 0.3 is 7.12 Å². The van der Waals surface area contributed by atoms with Gasteiger partial charge in [-0.1, -0.05) is 24.3 Å². The maximum absolute atomic E-state index is 9.05. The highest BCUT2D eigenvalue weighted by molar-refractivity contribution is 6.58. The van der Waals surface area contributed by atoms with Crippen molar-refractivity contribution in [2.24, 2.45) is 0 Å². The second-order valence-electron chi connectivity index (χ2n) is 5.40. The van der Waals surface area contributed by atoms with E-state index >= 15 is 0 Å². The number of ether oxygens (including phenoxy) is 1. The summed E-state index contributed by atoms with van der Waals surface area (Å²) in [6, 6.07) is 7.40. The Morgan fingerprint density at radius 1 is 1.28 bits per heavy atom. The van der Waals surface area contributed by atoms with Gasteiger partial charge in [0.1, 0.15) is 0 Å². The fourth-order valence-electron chi connectivity index (χ4n) is 2.20. The Bertz CT molecular complexity index is 392. The van der Waals surface area contributed by atoms with Gasteiger partial charge in [-0.25, -0.2) is 0 Å². The van der Waals surface area contributed by atoms with Crippen LogP contribution in [0.3, 0.4) is 0 Å². The molecule has 1 aromatic carbocycles. The van der Waals surface area contributed by atoms with Gasteiger partial charge in [-0.15, -0.1) is 0 Å². The molecule has 4 nitrogen and oxygen atoms in total. The smallest absolute Gasteiger partial charge is 0.423 e. The Kier molecular flexibility index (Phi) is 4.07. The van der Waals surface area contributed by atoms with E-state index in [2.05, 4.69) is 18.7 Å². The van der Waals surface area contributed by atoms with E-state index in [4.69, 9.17) is 14.8 Å². The van der Waals surface area contributed by atoms with Gasteiger partial charge < -0.3 is 14.8 Å². The number of nitrogens with zero attached hydrogens (tertiary/aromatic N) is 1. The van der Waals surface area contributed by atoms with E-state index in [1.807, 2.05) is 12.1 Å². The fraction of sp³-hybridized carbons (Fsp3) is 0.538. The minimum atomic E-state index is -1.39. The van der Waals surface area contributed by atoms with Crippen molar-refractivity contribution in [2.75, 3.05) is 19.8 Å². The van der Waals surface area contributed by atoms with E-state index in [-0.39, 0.29) is 5.54 Å². The normalized spacial score (nSPS) is 19.8. The molecule has 2 rings (SSSR count). The van der Waals surface area contributed by atoms with Gasteiger partial charge in [0.05, 0.1) is 13.2 Å². The predicted octanol–water partition coefficient (Wildman–Crippen LogP) is -0.0228. The molecule has 0 bridgehead atoms. The topological polar surface area (TPSA) is 52.9 Å². The molecule has 1 fully saturated rings. The van der Waals surface area contributed by atoms with Crippen LogP contribution < -0.4 is 5.46 Å². The van der Waals surface area contributed by atoms with E-state index in [0.717, 1.165) is 26.3 Å². The number of rotatable bonds is 3. The van der Waals surface area contributed by atoms with Crippen molar-refractivity contribution < 1.29 is 14.8 Å². The van der Waals surface area contributed by atoms with Crippen molar-refractivity contribution in [2.45, 2.75) is 25.9 Å². The second-order valence-corrected chi connectivity index (χ2v) is 5.40. The van der Waals surface area contributed by atoms with Gasteiger partial charge in [-0.3, -0.25) is 4.90 Å². The van der Waals surface area contributed by atoms with Crippen LogP contribution in [0.1, 0.15) is 19.4 Å². The Morgan fingerprint density at radius 3 is 2.50 bits per heavy atom. The summed E-state index contributed by atoms with van der Waals surface area (Å²) in [5.74, 6) is 0. The lowest BCUT2D eigenvalue weighted by Crippen LogP contribution is -2.52. The summed E-state index contributed by atoms with van der Waals surface area (Å²) in [5, 5.41) is 18.1. The van der Waals surface area contributed by atoms with Crippen LogP contribution in [0.15, 0.2) is 24.3 Å². The molecule has 0 saturated carbocycles. The standard InChI is InChI=1S/C13H20BNO3/c1-13(2)10-18-8-7-15(13)9-11-3-5-12(6-4-11)14(16)17/h3-6,16-17H,7-10H2,1-2H3. The molecule has 1 aliphatic heterocycles. The van der Waals surface area contributed by atoms with Crippen molar-refractivity contribution in [1.82, 2.24) is 4.90 Å². The van der Waals surface area contributed by atoms with E-state index in [1.165, 1.54) is 5.56 Å². The van der Waals surface area contributed by atoms with Crippen molar-refractivity contribution in [3.8, 4) is 0 Å². The average Bonchev–Trinajstić information content (AvgIpc) is 2.32. The van der Waals surface area contributed by atoms with E-state index < -0.39 is 7.12 Å². The molecule has 0 spiro atoms. The largest absolute Gasteiger partial charge is 0.488 e. The van der Waals surface area contributed by atoms with Gasteiger partial charge in [-0.05, 0) is 24.9 Å². The zero-order chi connectivity index (χ0) is 13.2. The summed E-state index contributed by atoms with van der Waals surface area (Å²) in [6.07, 6.45) is 0. The molecule has 0 aromatic heterocycles. The highest BCUT2D eigenvalue weighted by Gasteiger charge is 2.30. The highest BCUT2D eigenvalue weighted by Crippen LogP contribution is 2.21. The monoisotopic (exact) mass is 249 g/mol. The van der Waals surface area contributed by atoms with Crippen molar-refractivity contribution in [1.29, 1.82) is 0 Å². The summed E-state index contributed by atoms with van der Waals surface area (Å²) in [4.78, 5) is 2.39. The quantitative estimate of drug-likeness (QED) is 0.739. The molecule has 18 heavy (non-hydrogen) atoms. The summed E-state index contributed by atoms with van der Waals surface area (Å²) in [7, 11) is -1.39. The first-order chi connectivity index (χ1) is 8.49. The third kappa shape index (κ3) is 3.11. The van der Waals surface area contributed by atoms with Crippen LogP contribution in [0.5, 0.6) is 0 Å². The molecular weight excluding hydrogens is 229 g/mol. The Morgan fingerprint density at radius 2 is 1.94 bits per heavy atom. The maximum Gasteiger partial charge on any atom is 0.488 e. The van der Waals surface area contributed by atoms with Crippen LogP contribution in [0.2, 0.25) is 0 Å². The molecule has 0 aliphatic carbocycles. The average molecular weight is 249 g/mol. The molecule has 0 amide bonds. The van der Waals surface area contributed by atoms with Crippen LogP contribution in [-0.4, -0.2) is 47.4 Å². The minimum absolute atomic E-state index is 0.0490. The van der Waals surface area contributed by atoms with E-state index in [9.17, 15) is 0 Å². The van der Waals surface area contributed by atoms with Gasteiger partial charge in [0.25, 0.3) is 0 Å². The molecule has 1 heterocycles. The van der Waals surface area contributed by atoms with E-state index in [1.54, 1.807) is 12.1 Å². The molecule has 1 aromatic rings.